The first-order valence-electron chi connectivity index (χ1n) is 11.4. The van der Waals surface area contributed by atoms with Gasteiger partial charge in [-0.1, -0.05) is 25.1 Å². The van der Waals surface area contributed by atoms with Gasteiger partial charge in [-0.25, -0.2) is 4.39 Å². The Balaban J connectivity index is 1.42. The molecule has 3 amide bonds. The molecule has 0 saturated carbocycles. The molecular formula is C26H27FN2O5S. The van der Waals surface area contributed by atoms with E-state index < -0.39 is 11.1 Å². The summed E-state index contributed by atoms with van der Waals surface area (Å²) < 4.78 is 24.3. The summed E-state index contributed by atoms with van der Waals surface area (Å²) in [6, 6.07) is 11.2. The van der Waals surface area contributed by atoms with E-state index in [1.54, 1.807) is 41.3 Å². The van der Waals surface area contributed by atoms with Gasteiger partial charge >= 0.3 is 0 Å². The molecule has 0 aliphatic carbocycles. The lowest BCUT2D eigenvalue weighted by atomic mass is 9.99. The van der Waals surface area contributed by atoms with Gasteiger partial charge in [0.1, 0.15) is 19.0 Å². The zero-order chi connectivity index (χ0) is 24.9. The molecule has 184 valence electrons. The molecule has 0 atom stereocenters. The van der Waals surface area contributed by atoms with Crippen molar-refractivity contribution in [1.82, 2.24) is 9.80 Å². The normalized spacial score (nSPS) is 17.9. The minimum atomic E-state index is -0.477. The van der Waals surface area contributed by atoms with Crippen LogP contribution >= 0.6 is 11.8 Å². The number of nitrogens with zero attached hydrogens (tertiary/aromatic N) is 2. The molecule has 0 spiro atoms. The molecule has 2 fully saturated rings. The summed E-state index contributed by atoms with van der Waals surface area (Å²) in [6.45, 7) is 3.46. The standard InChI is InChI=1S/C26H27FN2O5S/c1-17-9-11-28(12-10-17)24(30)15-29-25(31)23(35-26(29)32)14-19-5-8-21(22(13-19)33-2)34-16-18-3-6-20(27)7-4-18/h3-8,13-14,17H,9-12,15-16H2,1-2H3/b23-14-. The van der Waals surface area contributed by atoms with Crippen molar-refractivity contribution in [2.75, 3.05) is 26.7 Å². The monoisotopic (exact) mass is 498 g/mol. The van der Waals surface area contributed by atoms with E-state index in [1.165, 1.54) is 19.2 Å². The van der Waals surface area contributed by atoms with Gasteiger partial charge in [0, 0.05) is 13.1 Å². The predicted molar refractivity (Wildman–Crippen MR) is 131 cm³/mol. The second kappa shape index (κ2) is 10.9. The number of rotatable bonds is 7. The van der Waals surface area contributed by atoms with Crippen LogP contribution in [0.1, 0.15) is 30.9 Å². The smallest absolute Gasteiger partial charge is 0.294 e. The van der Waals surface area contributed by atoms with Crippen LogP contribution in [0.25, 0.3) is 6.08 Å². The van der Waals surface area contributed by atoms with Gasteiger partial charge in [0.2, 0.25) is 5.91 Å². The number of hydrogen-bond donors (Lipinski definition) is 0. The molecule has 7 nitrogen and oxygen atoms in total. The molecule has 2 aromatic carbocycles. The minimum Gasteiger partial charge on any atom is -0.493 e. The highest BCUT2D eigenvalue weighted by atomic mass is 32.2. The molecular weight excluding hydrogens is 471 g/mol. The van der Waals surface area contributed by atoms with E-state index in [0.717, 1.165) is 35.1 Å². The zero-order valence-electron chi connectivity index (χ0n) is 19.7. The average molecular weight is 499 g/mol. The maximum Gasteiger partial charge on any atom is 0.294 e. The van der Waals surface area contributed by atoms with Crippen LogP contribution in [-0.2, 0) is 16.2 Å². The van der Waals surface area contributed by atoms with Gasteiger partial charge in [0.15, 0.2) is 11.5 Å². The summed E-state index contributed by atoms with van der Waals surface area (Å²) >= 11 is 0.817. The summed E-state index contributed by atoms with van der Waals surface area (Å²) in [4.78, 5) is 40.9. The molecule has 0 radical (unpaired) electrons. The van der Waals surface area contributed by atoms with E-state index in [4.69, 9.17) is 9.47 Å². The Labute approximate surface area is 207 Å². The van der Waals surface area contributed by atoms with Crippen LogP contribution in [0.15, 0.2) is 47.4 Å². The summed E-state index contributed by atoms with van der Waals surface area (Å²) in [5, 5.41) is -0.453. The molecule has 0 bridgehead atoms. The molecule has 2 aliphatic heterocycles. The van der Waals surface area contributed by atoms with Crippen molar-refractivity contribution in [1.29, 1.82) is 0 Å². The van der Waals surface area contributed by atoms with Crippen LogP contribution in [0, 0.1) is 11.7 Å². The molecule has 2 heterocycles. The first-order valence-corrected chi connectivity index (χ1v) is 12.2. The summed E-state index contributed by atoms with van der Waals surface area (Å²) in [6.07, 6.45) is 3.46. The highest BCUT2D eigenvalue weighted by molar-refractivity contribution is 8.18. The average Bonchev–Trinajstić information content (AvgIpc) is 3.11. The highest BCUT2D eigenvalue weighted by Gasteiger charge is 2.37. The van der Waals surface area contributed by atoms with Gasteiger partial charge in [-0.2, -0.15) is 0 Å². The first kappa shape index (κ1) is 24.8. The van der Waals surface area contributed by atoms with Crippen molar-refractivity contribution in [3.63, 3.8) is 0 Å². The predicted octanol–water partition coefficient (Wildman–Crippen LogP) is 4.71. The molecule has 2 aromatic rings. The number of halogens is 1. The maximum absolute atomic E-state index is 13.1. The fourth-order valence-electron chi connectivity index (χ4n) is 3.92. The van der Waals surface area contributed by atoms with Gasteiger partial charge in [-0.3, -0.25) is 19.3 Å². The molecule has 9 heteroatoms. The SMILES string of the molecule is COc1cc(/C=C2\SC(=O)N(CC(=O)N3CCC(C)CC3)C2=O)ccc1OCc1ccc(F)cc1. The molecule has 2 saturated heterocycles. The van der Waals surface area contributed by atoms with Crippen LogP contribution < -0.4 is 9.47 Å². The third-order valence-corrected chi connectivity index (χ3v) is 7.00. The van der Waals surface area contributed by atoms with E-state index in [9.17, 15) is 18.8 Å². The van der Waals surface area contributed by atoms with Crippen LogP contribution in [0.2, 0.25) is 0 Å². The Kier molecular flexibility index (Phi) is 7.75. The second-order valence-corrected chi connectivity index (χ2v) is 9.65. The van der Waals surface area contributed by atoms with Crippen LogP contribution in [0.4, 0.5) is 9.18 Å². The quantitative estimate of drug-likeness (QED) is 0.515. The van der Waals surface area contributed by atoms with Crippen molar-refractivity contribution in [3.05, 3.63) is 64.3 Å². The fourth-order valence-corrected chi connectivity index (χ4v) is 4.75. The number of amides is 3. The lowest BCUT2D eigenvalue weighted by Crippen LogP contribution is -2.45. The number of likely N-dealkylation sites (tertiary alicyclic amines) is 1. The number of carbonyl (C=O) groups excluding carboxylic acids is 3. The third-order valence-electron chi connectivity index (χ3n) is 6.10. The summed E-state index contributed by atoms with van der Waals surface area (Å²) in [7, 11) is 1.50. The number of carbonyl (C=O) groups is 3. The lowest BCUT2D eigenvalue weighted by Gasteiger charge is -2.31. The zero-order valence-corrected chi connectivity index (χ0v) is 20.5. The van der Waals surface area contributed by atoms with Crippen molar-refractivity contribution < 1.29 is 28.2 Å². The Bertz CT molecular complexity index is 1140. The topological polar surface area (TPSA) is 76.2 Å². The van der Waals surface area contributed by atoms with Crippen molar-refractivity contribution in [2.45, 2.75) is 26.4 Å². The maximum atomic E-state index is 13.1. The third kappa shape index (κ3) is 6.03. The molecule has 0 unspecified atom stereocenters. The van der Waals surface area contributed by atoms with Crippen LogP contribution in [-0.4, -0.2) is 53.6 Å². The van der Waals surface area contributed by atoms with Gasteiger partial charge < -0.3 is 14.4 Å². The number of ether oxygens (including phenoxy) is 2. The number of hydrogen-bond acceptors (Lipinski definition) is 6. The lowest BCUT2D eigenvalue weighted by molar-refractivity contribution is -0.136. The minimum absolute atomic E-state index is 0.204. The number of thioether (sulfide) groups is 1. The number of methoxy groups -OCH3 is 1. The highest BCUT2D eigenvalue weighted by Crippen LogP contribution is 2.35. The van der Waals surface area contributed by atoms with Crippen molar-refractivity contribution in [2.24, 2.45) is 5.92 Å². The van der Waals surface area contributed by atoms with Gasteiger partial charge in [0.05, 0.1) is 12.0 Å². The van der Waals surface area contributed by atoms with E-state index in [-0.39, 0.29) is 29.8 Å². The van der Waals surface area contributed by atoms with Crippen molar-refractivity contribution in [3.8, 4) is 11.5 Å². The first-order chi connectivity index (χ1) is 16.8. The Morgan fingerprint density at radius 2 is 1.83 bits per heavy atom. The van der Waals surface area contributed by atoms with E-state index in [2.05, 4.69) is 6.92 Å². The van der Waals surface area contributed by atoms with E-state index in [0.29, 0.717) is 36.1 Å². The molecule has 2 aliphatic rings. The van der Waals surface area contributed by atoms with E-state index >= 15 is 0 Å². The Morgan fingerprint density at radius 1 is 1.11 bits per heavy atom. The second-order valence-electron chi connectivity index (χ2n) is 8.66. The molecule has 0 aromatic heterocycles. The Morgan fingerprint density at radius 3 is 2.51 bits per heavy atom. The molecule has 0 N–H and O–H groups in total. The van der Waals surface area contributed by atoms with Gasteiger partial charge in [0.25, 0.3) is 11.1 Å². The van der Waals surface area contributed by atoms with Crippen LogP contribution in [0.5, 0.6) is 11.5 Å². The number of imide groups is 1. The van der Waals surface area contributed by atoms with Gasteiger partial charge in [-0.15, -0.1) is 0 Å². The van der Waals surface area contributed by atoms with Gasteiger partial charge in [-0.05, 0) is 72.0 Å². The van der Waals surface area contributed by atoms with Crippen molar-refractivity contribution >= 4 is 34.9 Å². The number of benzene rings is 2. The summed E-state index contributed by atoms with van der Waals surface area (Å²) in [5.74, 6) is 0.527. The summed E-state index contributed by atoms with van der Waals surface area (Å²) in [5.41, 5.74) is 1.46. The fraction of sp³-hybridized carbons (Fsp3) is 0.346. The van der Waals surface area contributed by atoms with E-state index in [1.807, 2.05) is 0 Å². The molecule has 4 rings (SSSR count). The van der Waals surface area contributed by atoms with Crippen LogP contribution in [0.3, 0.4) is 0 Å². The Hall–Kier alpha value is -3.33. The molecule has 35 heavy (non-hydrogen) atoms. The largest absolute Gasteiger partial charge is 0.493 e. The number of piperidine rings is 1.